The Kier molecular flexibility index (Phi) is 12.9. The fourth-order valence-electron chi connectivity index (χ4n) is 7.07. The molecule has 8 heterocycles. The fourth-order valence-corrected chi connectivity index (χ4v) is 8.00. The van der Waals surface area contributed by atoms with Gasteiger partial charge in [0.05, 0.1) is 44.4 Å². The summed E-state index contributed by atoms with van der Waals surface area (Å²) < 4.78 is 6.90. The first-order valence-corrected chi connectivity index (χ1v) is 21.1. The van der Waals surface area contributed by atoms with Crippen LogP contribution in [-0.4, -0.2) is 69.5 Å². The number of benzene rings is 2. The second-order valence-electron chi connectivity index (χ2n) is 14.7. The van der Waals surface area contributed by atoms with Crippen molar-refractivity contribution >= 4 is 61.8 Å². The SMILES string of the molecule is COCc1ccc(-c2cncc3ccc(C(N)=O)nc23)cc1.Cc1nc(C)c(-c2cncc3ccc(C(N)=O)nc23)s1.NC(=O)c1ccc2cncc(-c3ccc(-n4cccn4)cc3)c2n1. The second kappa shape index (κ2) is 19.4. The maximum atomic E-state index is 11.4. The largest absolute Gasteiger partial charge is 0.380 e. The number of nitrogens with two attached hydrogens (primary N) is 3. The van der Waals surface area contributed by atoms with Gasteiger partial charge in [-0.25, -0.2) is 24.6 Å². The van der Waals surface area contributed by atoms with Crippen LogP contribution in [0.5, 0.6) is 0 Å². The summed E-state index contributed by atoms with van der Waals surface area (Å²) >= 11 is 1.59. The van der Waals surface area contributed by atoms with Crippen molar-refractivity contribution in [1.82, 2.24) is 44.7 Å². The predicted octanol–water partition coefficient (Wildman–Crippen LogP) is 7.59. The molecule has 0 saturated heterocycles. The molecule has 10 aromatic rings. The molecule has 0 aliphatic heterocycles. The molecule has 0 radical (unpaired) electrons. The summed E-state index contributed by atoms with van der Waals surface area (Å²) in [4.78, 5) is 65.4. The number of fused-ring (bicyclic) bond motifs is 3. The minimum atomic E-state index is -0.548. The summed E-state index contributed by atoms with van der Waals surface area (Å²) in [6.45, 7) is 4.48. The Morgan fingerprint density at radius 3 is 1.44 bits per heavy atom. The molecule has 0 atom stereocenters. The van der Waals surface area contributed by atoms with Gasteiger partial charge in [0, 0.05) is 89.5 Å². The number of nitrogens with zero attached hydrogens (tertiary/aromatic N) is 9. The average Bonchev–Trinajstić information content (AvgIpc) is 4.00. The molecule has 6 N–H and O–H groups in total. The number of carbonyl (C=O) groups is 3. The van der Waals surface area contributed by atoms with Gasteiger partial charge in [0.1, 0.15) is 17.1 Å². The first kappa shape index (κ1) is 44.0. The molecule has 17 heteroatoms. The van der Waals surface area contributed by atoms with E-state index in [-0.39, 0.29) is 17.1 Å². The molecule has 66 heavy (non-hydrogen) atoms. The van der Waals surface area contributed by atoms with Gasteiger partial charge in [-0.3, -0.25) is 29.3 Å². The Balaban J connectivity index is 0.000000135. The molecule has 0 fully saturated rings. The van der Waals surface area contributed by atoms with Crippen LogP contribution < -0.4 is 17.2 Å². The highest BCUT2D eigenvalue weighted by Crippen LogP contribution is 2.34. The topological polar surface area (TPSA) is 247 Å². The smallest absolute Gasteiger partial charge is 0.267 e. The van der Waals surface area contributed by atoms with E-state index in [1.807, 2.05) is 80.7 Å². The van der Waals surface area contributed by atoms with Crippen molar-refractivity contribution in [2.45, 2.75) is 20.5 Å². The molecule has 16 nitrogen and oxygen atoms in total. The maximum Gasteiger partial charge on any atom is 0.267 e. The molecule has 0 aliphatic carbocycles. The number of carbonyl (C=O) groups excluding carboxylic acids is 3. The zero-order chi connectivity index (χ0) is 46.3. The van der Waals surface area contributed by atoms with E-state index in [4.69, 9.17) is 21.9 Å². The first-order chi connectivity index (χ1) is 32.0. The van der Waals surface area contributed by atoms with Gasteiger partial charge >= 0.3 is 0 Å². The summed E-state index contributed by atoms with van der Waals surface area (Å²) in [6.07, 6.45) is 14.0. The van der Waals surface area contributed by atoms with Gasteiger partial charge in [-0.1, -0.05) is 36.4 Å². The lowest BCUT2D eigenvalue weighted by Crippen LogP contribution is -2.12. The van der Waals surface area contributed by atoms with Crippen LogP contribution >= 0.6 is 11.3 Å². The van der Waals surface area contributed by atoms with Gasteiger partial charge in [-0.2, -0.15) is 5.10 Å². The summed E-state index contributed by atoms with van der Waals surface area (Å²) in [5.41, 5.74) is 26.4. The standard InChI is InChI=1S/C18H13N5O.C17H15N3O2.C14H12N4OS/c19-18(24)16-7-4-13-10-20-11-15(17(13)22-16)12-2-5-14(6-3-12)23-9-1-8-21-23;1-22-10-11-2-4-12(5-3-11)14-9-19-8-13-6-7-15(17(18)21)20-16(13)14;1-7-13(20-8(2)17-7)10-6-16-5-9-3-4-11(14(15)19)18-12(9)10/h1-11H,(H2,19,24);2-9H,10H2,1H3,(H2,18,21);3-6H,1-2H3,(H2,15,19). The Hall–Kier alpha value is -8.67. The van der Waals surface area contributed by atoms with Crippen LogP contribution in [0.1, 0.15) is 47.7 Å². The van der Waals surface area contributed by atoms with Crippen LogP contribution in [0.25, 0.3) is 71.1 Å². The van der Waals surface area contributed by atoms with E-state index in [0.29, 0.717) is 17.6 Å². The Morgan fingerprint density at radius 2 is 1.03 bits per heavy atom. The van der Waals surface area contributed by atoms with E-state index in [1.54, 1.807) is 96.8 Å². The molecular formula is C49H40N12O4S. The van der Waals surface area contributed by atoms with E-state index < -0.39 is 17.7 Å². The second-order valence-corrected chi connectivity index (χ2v) is 15.9. The van der Waals surface area contributed by atoms with Gasteiger partial charge in [0.2, 0.25) is 0 Å². The van der Waals surface area contributed by atoms with Crippen molar-refractivity contribution in [3.8, 4) is 38.4 Å². The molecule has 326 valence electrons. The molecule has 0 aliphatic rings. The molecule has 0 bridgehead atoms. The molecule has 0 unspecified atom stereocenters. The Bertz CT molecular complexity index is 3400. The van der Waals surface area contributed by atoms with Gasteiger partial charge in [-0.15, -0.1) is 11.3 Å². The minimum absolute atomic E-state index is 0.239. The van der Waals surface area contributed by atoms with E-state index in [2.05, 4.69) is 40.0 Å². The summed E-state index contributed by atoms with van der Waals surface area (Å²) in [5, 5.41) is 7.79. The van der Waals surface area contributed by atoms with Crippen LogP contribution in [0.2, 0.25) is 0 Å². The van der Waals surface area contributed by atoms with Crippen molar-refractivity contribution in [2.24, 2.45) is 17.2 Å². The van der Waals surface area contributed by atoms with Crippen molar-refractivity contribution in [3.63, 3.8) is 0 Å². The predicted molar refractivity (Wildman–Crippen MR) is 253 cm³/mol. The number of ether oxygens (including phenoxy) is 1. The highest BCUT2D eigenvalue weighted by atomic mass is 32.1. The highest BCUT2D eigenvalue weighted by Gasteiger charge is 2.15. The zero-order valence-corrected chi connectivity index (χ0v) is 36.6. The molecule has 3 amide bonds. The average molecular weight is 893 g/mol. The van der Waals surface area contributed by atoms with E-state index in [9.17, 15) is 14.4 Å². The van der Waals surface area contributed by atoms with Crippen LogP contribution in [0.4, 0.5) is 0 Å². The number of hydrogen-bond acceptors (Lipinski definition) is 13. The third-order valence-corrected chi connectivity index (χ3v) is 11.3. The number of aryl methyl sites for hydroxylation is 2. The van der Waals surface area contributed by atoms with E-state index in [0.717, 1.165) is 76.3 Å². The lowest BCUT2D eigenvalue weighted by atomic mass is 10.0. The lowest BCUT2D eigenvalue weighted by Gasteiger charge is -2.08. The van der Waals surface area contributed by atoms with Crippen molar-refractivity contribution in [1.29, 1.82) is 0 Å². The van der Waals surface area contributed by atoms with Gasteiger partial charge < -0.3 is 21.9 Å². The first-order valence-electron chi connectivity index (χ1n) is 20.2. The zero-order valence-electron chi connectivity index (χ0n) is 35.8. The maximum absolute atomic E-state index is 11.4. The van der Waals surface area contributed by atoms with Gasteiger partial charge in [0.25, 0.3) is 17.7 Å². The van der Waals surface area contributed by atoms with E-state index in [1.165, 1.54) is 0 Å². The minimum Gasteiger partial charge on any atom is -0.380 e. The molecule has 2 aromatic carbocycles. The molecule has 10 rings (SSSR count). The van der Waals surface area contributed by atoms with Crippen LogP contribution in [0, 0.1) is 13.8 Å². The summed E-state index contributed by atoms with van der Waals surface area (Å²) in [6, 6.07) is 28.0. The summed E-state index contributed by atoms with van der Waals surface area (Å²) in [7, 11) is 1.66. The number of amides is 3. The Labute approximate surface area is 381 Å². The van der Waals surface area contributed by atoms with Crippen molar-refractivity contribution in [2.75, 3.05) is 7.11 Å². The quantitative estimate of drug-likeness (QED) is 0.127. The number of thiazole rings is 1. The number of aromatic nitrogens is 9. The third kappa shape index (κ3) is 9.62. The lowest BCUT2D eigenvalue weighted by molar-refractivity contribution is 0.0987. The molecule has 8 aromatic heterocycles. The van der Waals surface area contributed by atoms with Crippen molar-refractivity contribution < 1.29 is 19.1 Å². The highest BCUT2D eigenvalue weighted by molar-refractivity contribution is 7.15. The summed E-state index contributed by atoms with van der Waals surface area (Å²) in [5.74, 6) is -1.62. The molecule has 0 spiro atoms. The van der Waals surface area contributed by atoms with E-state index >= 15 is 0 Å². The number of primary amides is 3. The third-order valence-electron chi connectivity index (χ3n) is 10.2. The van der Waals surface area contributed by atoms with Gasteiger partial charge in [-0.05, 0) is 85.1 Å². The van der Waals surface area contributed by atoms with Crippen LogP contribution in [0.15, 0.2) is 141 Å². The van der Waals surface area contributed by atoms with Crippen LogP contribution in [0.3, 0.4) is 0 Å². The monoisotopic (exact) mass is 892 g/mol. The Morgan fingerprint density at radius 1 is 0.576 bits per heavy atom. The molecular weight excluding hydrogens is 853 g/mol. The fraction of sp³-hybridized carbons (Fsp3) is 0.0816. The number of rotatable bonds is 9. The number of hydrogen-bond donors (Lipinski definition) is 3. The normalized spacial score (nSPS) is 10.8. The van der Waals surface area contributed by atoms with Crippen molar-refractivity contribution in [3.05, 3.63) is 174 Å². The van der Waals surface area contributed by atoms with Crippen LogP contribution in [-0.2, 0) is 11.3 Å². The molecule has 0 saturated carbocycles. The number of methoxy groups -OCH3 is 1. The van der Waals surface area contributed by atoms with Gasteiger partial charge in [0.15, 0.2) is 0 Å². The number of pyridine rings is 6.